The van der Waals surface area contributed by atoms with Crippen molar-refractivity contribution in [2.45, 2.75) is 31.4 Å². The van der Waals surface area contributed by atoms with Crippen molar-refractivity contribution in [3.05, 3.63) is 89.0 Å². The number of hydrogen-bond acceptors (Lipinski definition) is 5. The first kappa shape index (κ1) is 26.6. The topological polar surface area (TPSA) is 75.7 Å². The van der Waals surface area contributed by atoms with Gasteiger partial charge in [0, 0.05) is 18.1 Å². The molecular weight excluding hydrogens is 480 g/mol. The van der Waals surface area contributed by atoms with Crippen molar-refractivity contribution < 1.29 is 17.9 Å². The summed E-state index contributed by atoms with van der Waals surface area (Å²) in [5, 5.41) is 2.86. The van der Waals surface area contributed by atoms with Gasteiger partial charge in [-0.3, -0.25) is 9.10 Å². The number of aryl methyl sites for hydroxylation is 3. The fraction of sp³-hybridized carbons (Fsp3) is 0.296. The number of amides is 1. The fourth-order valence-electron chi connectivity index (χ4n) is 3.57. The van der Waals surface area contributed by atoms with E-state index < -0.39 is 10.0 Å². The van der Waals surface area contributed by atoms with Crippen LogP contribution in [0.1, 0.15) is 22.3 Å². The number of nitrogens with zero attached hydrogens (tertiary/aromatic N) is 1. The summed E-state index contributed by atoms with van der Waals surface area (Å²) in [7, 11) is -2.52. The van der Waals surface area contributed by atoms with Gasteiger partial charge in [-0.1, -0.05) is 53.6 Å². The van der Waals surface area contributed by atoms with E-state index in [2.05, 4.69) is 30.4 Å². The Morgan fingerprint density at radius 1 is 0.943 bits per heavy atom. The number of methoxy groups -OCH3 is 1. The Bertz CT molecular complexity index is 1260. The molecule has 0 unspecified atom stereocenters. The molecule has 3 aromatic carbocycles. The number of anilines is 1. The van der Waals surface area contributed by atoms with Gasteiger partial charge in [0.25, 0.3) is 10.0 Å². The molecule has 0 aliphatic carbocycles. The number of thioether (sulfide) groups is 1. The number of carbonyl (C=O) groups is 1. The number of hydrogen-bond donors (Lipinski definition) is 1. The van der Waals surface area contributed by atoms with Crippen molar-refractivity contribution in [2.24, 2.45) is 0 Å². The van der Waals surface area contributed by atoms with E-state index in [1.165, 1.54) is 18.2 Å². The average molecular weight is 513 g/mol. The summed E-state index contributed by atoms with van der Waals surface area (Å²) >= 11 is 1.72. The maximum Gasteiger partial charge on any atom is 0.264 e. The number of carbonyl (C=O) groups excluding carboxylic acids is 1. The molecule has 0 bridgehead atoms. The summed E-state index contributed by atoms with van der Waals surface area (Å²) in [6.07, 6.45) is 0. The largest absolute Gasteiger partial charge is 0.495 e. The molecule has 8 heteroatoms. The molecule has 0 aliphatic heterocycles. The van der Waals surface area contributed by atoms with Crippen LogP contribution in [0.5, 0.6) is 5.75 Å². The van der Waals surface area contributed by atoms with Crippen LogP contribution in [0.4, 0.5) is 5.69 Å². The molecule has 186 valence electrons. The average Bonchev–Trinajstić information content (AvgIpc) is 2.82. The first-order valence-electron chi connectivity index (χ1n) is 11.3. The Morgan fingerprint density at radius 2 is 1.63 bits per heavy atom. The van der Waals surface area contributed by atoms with Crippen molar-refractivity contribution in [1.29, 1.82) is 0 Å². The van der Waals surface area contributed by atoms with Crippen LogP contribution < -0.4 is 14.4 Å². The highest BCUT2D eigenvalue weighted by atomic mass is 32.2. The molecule has 0 saturated heterocycles. The smallest absolute Gasteiger partial charge is 0.264 e. The van der Waals surface area contributed by atoms with Gasteiger partial charge in [-0.05, 0) is 56.2 Å². The van der Waals surface area contributed by atoms with Crippen molar-refractivity contribution in [2.75, 3.05) is 30.3 Å². The molecule has 1 amide bonds. The lowest BCUT2D eigenvalue weighted by Crippen LogP contribution is -2.41. The third-order valence-electron chi connectivity index (χ3n) is 5.42. The van der Waals surface area contributed by atoms with Crippen LogP contribution in [-0.2, 0) is 20.6 Å². The molecule has 0 radical (unpaired) electrons. The van der Waals surface area contributed by atoms with Crippen LogP contribution in [0, 0.1) is 20.8 Å². The van der Waals surface area contributed by atoms with Crippen LogP contribution in [0.3, 0.4) is 0 Å². The molecule has 0 aromatic heterocycles. The van der Waals surface area contributed by atoms with Crippen molar-refractivity contribution in [3.63, 3.8) is 0 Å². The predicted octanol–water partition coefficient (Wildman–Crippen LogP) is 4.87. The summed E-state index contributed by atoms with van der Waals surface area (Å²) < 4.78 is 33.8. The quantitative estimate of drug-likeness (QED) is 0.371. The zero-order valence-corrected chi connectivity index (χ0v) is 22.2. The molecule has 6 nitrogen and oxygen atoms in total. The summed E-state index contributed by atoms with van der Waals surface area (Å²) in [4.78, 5) is 13.0. The van der Waals surface area contributed by atoms with Crippen LogP contribution in [-0.4, -0.2) is 40.3 Å². The minimum Gasteiger partial charge on any atom is -0.495 e. The minimum atomic E-state index is -4.00. The molecule has 3 rings (SSSR count). The van der Waals surface area contributed by atoms with E-state index in [9.17, 15) is 13.2 Å². The van der Waals surface area contributed by atoms with E-state index in [0.717, 1.165) is 26.9 Å². The summed E-state index contributed by atoms with van der Waals surface area (Å²) in [6.45, 7) is 5.92. The molecule has 0 fully saturated rings. The third-order valence-corrected chi connectivity index (χ3v) is 8.22. The Kier molecular flexibility index (Phi) is 9.23. The standard InChI is InChI=1S/C27H32N2O4S2/c1-20-8-11-24(12-9-20)35(31,32)29(25-17-22(3)10-13-26(25)33-4)18-27(30)28-14-15-34-19-23-7-5-6-21(2)16-23/h5-13,16-17H,14-15,18-19H2,1-4H3,(H,28,30). The second-order valence-electron chi connectivity index (χ2n) is 8.39. The maximum absolute atomic E-state index is 13.6. The number of nitrogens with one attached hydrogen (secondary N) is 1. The highest BCUT2D eigenvalue weighted by Gasteiger charge is 2.29. The van der Waals surface area contributed by atoms with Gasteiger partial charge in [0.2, 0.25) is 5.91 Å². The second kappa shape index (κ2) is 12.1. The van der Waals surface area contributed by atoms with E-state index in [4.69, 9.17) is 4.74 Å². The van der Waals surface area contributed by atoms with E-state index >= 15 is 0 Å². The Balaban J connectivity index is 1.73. The van der Waals surface area contributed by atoms with Gasteiger partial charge >= 0.3 is 0 Å². The number of ether oxygens (including phenoxy) is 1. The molecule has 0 atom stereocenters. The Hall–Kier alpha value is -2.97. The molecular formula is C27H32N2O4S2. The SMILES string of the molecule is COc1ccc(C)cc1N(CC(=O)NCCSCc1cccc(C)c1)S(=O)(=O)c1ccc(C)cc1. The third kappa shape index (κ3) is 7.26. The van der Waals surface area contributed by atoms with Crippen LogP contribution >= 0.6 is 11.8 Å². The van der Waals surface area contributed by atoms with Crippen LogP contribution in [0.15, 0.2) is 71.6 Å². The zero-order chi connectivity index (χ0) is 25.4. The lowest BCUT2D eigenvalue weighted by atomic mass is 10.2. The van der Waals surface area contributed by atoms with Gasteiger partial charge in [-0.2, -0.15) is 11.8 Å². The molecule has 35 heavy (non-hydrogen) atoms. The normalized spacial score (nSPS) is 11.2. The summed E-state index contributed by atoms with van der Waals surface area (Å²) in [6, 6.07) is 20.2. The van der Waals surface area contributed by atoms with Gasteiger partial charge in [0.1, 0.15) is 12.3 Å². The molecule has 3 aromatic rings. The Labute approximate surface area is 212 Å². The second-order valence-corrected chi connectivity index (χ2v) is 11.4. The van der Waals surface area contributed by atoms with E-state index in [-0.39, 0.29) is 17.3 Å². The zero-order valence-electron chi connectivity index (χ0n) is 20.6. The fourth-order valence-corrected chi connectivity index (χ4v) is 5.80. The lowest BCUT2D eigenvalue weighted by Gasteiger charge is -2.26. The van der Waals surface area contributed by atoms with Gasteiger partial charge in [0.05, 0.1) is 17.7 Å². The molecule has 1 N–H and O–H groups in total. The van der Waals surface area contributed by atoms with Gasteiger partial charge < -0.3 is 10.1 Å². The molecule has 0 heterocycles. The first-order chi connectivity index (χ1) is 16.7. The molecule has 0 aliphatic rings. The van der Waals surface area contributed by atoms with E-state index in [1.54, 1.807) is 48.2 Å². The predicted molar refractivity (Wildman–Crippen MR) is 144 cm³/mol. The maximum atomic E-state index is 13.6. The number of benzene rings is 3. The van der Waals surface area contributed by atoms with Crippen molar-refractivity contribution in [1.82, 2.24) is 5.32 Å². The monoisotopic (exact) mass is 512 g/mol. The van der Waals surface area contributed by atoms with Gasteiger partial charge in [-0.15, -0.1) is 0 Å². The first-order valence-corrected chi connectivity index (χ1v) is 13.9. The minimum absolute atomic E-state index is 0.119. The highest BCUT2D eigenvalue weighted by Crippen LogP contribution is 2.33. The van der Waals surface area contributed by atoms with Crippen LogP contribution in [0.25, 0.3) is 0 Å². The summed E-state index contributed by atoms with van der Waals surface area (Å²) in [5.74, 6) is 1.58. The molecule has 0 saturated carbocycles. The Morgan fingerprint density at radius 3 is 2.31 bits per heavy atom. The van der Waals surface area contributed by atoms with Crippen LogP contribution in [0.2, 0.25) is 0 Å². The molecule has 0 spiro atoms. The number of rotatable bonds is 11. The van der Waals surface area contributed by atoms with Crippen molar-refractivity contribution >= 4 is 33.4 Å². The summed E-state index contributed by atoms with van der Waals surface area (Å²) in [5.41, 5.74) is 4.60. The van der Waals surface area contributed by atoms with E-state index in [1.807, 2.05) is 26.0 Å². The highest BCUT2D eigenvalue weighted by molar-refractivity contribution is 7.98. The van der Waals surface area contributed by atoms with Crippen molar-refractivity contribution in [3.8, 4) is 5.75 Å². The van der Waals surface area contributed by atoms with E-state index in [0.29, 0.717) is 18.0 Å². The number of sulfonamides is 1. The van der Waals surface area contributed by atoms with Gasteiger partial charge in [-0.25, -0.2) is 8.42 Å². The van der Waals surface area contributed by atoms with Gasteiger partial charge in [0.15, 0.2) is 0 Å². The lowest BCUT2D eigenvalue weighted by molar-refractivity contribution is -0.119.